The van der Waals surface area contributed by atoms with Gasteiger partial charge in [-0.05, 0) is 24.3 Å². The number of hydrogen-bond acceptors (Lipinski definition) is 2. The van der Waals surface area contributed by atoms with E-state index < -0.39 is 0 Å². The highest BCUT2D eigenvalue weighted by Gasteiger charge is 2.25. The summed E-state index contributed by atoms with van der Waals surface area (Å²) in [6.07, 6.45) is 8.13. The molecular formula is C12H20N2O. The Morgan fingerprint density at radius 1 is 1.40 bits per heavy atom. The zero-order valence-electron chi connectivity index (χ0n) is 9.56. The lowest BCUT2D eigenvalue weighted by molar-refractivity contribution is 0.0694. The molecule has 0 amide bonds. The van der Waals surface area contributed by atoms with Crippen LogP contribution in [0.25, 0.3) is 0 Å². The van der Waals surface area contributed by atoms with Gasteiger partial charge in [0.2, 0.25) is 0 Å². The first kappa shape index (κ1) is 10.7. The monoisotopic (exact) mass is 208 g/mol. The van der Waals surface area contributed by atoms with Crippen LogP contribution in [0.2, 0.25) is 0 Å². The molecule has 1 aromatic rings. The molecule has 0 bridgehead atoms. The van der Waals surface area contributed by atoms with Gasteiger partial charge in [-0.1, -0.05) is 26.7 Å². The molecule has 3 nitrogen and oxygen atoms in total. The lowest BCUT2D eigenvalue weighted by Gasteiger charge is -2.27. The Balaban J connectivity index is 2.13. The Bertz CT molecular complexity index is 319. The van der Waals surface area contributed by atoms with E-state index in [0.717, 1.165) is 19.3 Å². The molecule has 1 heterocycles. The molecule has 1 unspecified atom stereocenters. The smallest absolute Gasteiger partial charge is 0.0778 e. The quantitative estimate of drug-likeness (QED) is 0.810. The minimum atomic E-state index is -0.210. The van der Waals surface area contributed by atoms with Crippen molar-refractivity contribution in [3.8, 4) is 0 Å². The third kappa shape index (κ3) is 2.23. The third-order valence-electron chi connectivity index (χ3n) is 3.32. The zero-order chi connectivity index (χ0) is 10.8. The lowest BCUT2D eigenvalue weighted by Crippen LogP contribution is -2.27. The van der Waals surface area contributed by atoms with E-state index >= 15 is 0 Å². The summed E-state index contributed by atoms with van der Waals surface area (Å²) in [6.45, 7) is 4.33. The number of aliphatic hydroxyl groups excluding tert-OH is 1. The molecule has 3 heteroatoms. The van der Waals surface area contributed by atoms with Crippen LogP contribution in [-0.2, 0) is 0 Å². The fourth-order valence-electron chi connectivity index (χ4n) is 2.23. The molecule has 1 aliphatic carbocycles. The second-order valence-electron chi connectivity index (χ2n) is 4.83. The van der Waals surface area contributed by atoms with Crippen molar-refractivity contribution < 1.29 is 5.11 Å². The van der Waals surface area contributed by atoms with Crippen LogP contribution in [0.3, 0.4) is 0 Å². The summed E-state index contributed by atoms with van der Waals surface area (Å²) < 4.78 is 1.96. The predicted molar refractivity (Wildman–Crippen MR) is 59.8 cm³/mol. The summed E-state index contributed by atoms with van der Waals surface area (Å²) in [5.74, 6) is 0.513. The van der Waals surface area contributed by atoms with Gasteiger partial charge in [0.15, 0.2) is 0 Å². The van der Waals surface area contributed by atoms with Crippen molar-refractivity contribution in [2.24, 2.45) is 0 Å². The Kier molecular flexibility index (Phi) is 3.10. The molecule has 0 spiro atoms. The van der Waals surface area contributed by atoms with E-state index in [1.54, 1.807) is 0 Å². The summed E-state index contributed by atoms with van der Waals surface area (Å²) in [4.78, 5) is 0. The largest absolute Gasteiger partial charge is 0.391 e. The number of nitrogens with zero attached hydrogens (tertiary/aromatic N) is 2. The van der Waals surface area contributed by atoms with Crippen LogP contribution < -0.4 is 0 Å². The van der Waals surface area contributed by atoms with Gasteiger partial charge in [0.05, 0.1) is 18.3 Å². The molecule has 2 atom stereocenters. The van der Waals surface area contributed by atoms with E-state index in [0.29, 0.717) is 5.92 Å². The summed E-state index contributed by atoms with van der Waals surface area (Å²) in [5.41, 5.74) is 1.26. The van der Waals surface area contributed by atoms with Crippen molar-refractivity contribution in [3.63, 3.8) is 0 Å². The average Bonchev–Trinajstić information content (AvgIpc) is 2.67. The van der Waals surface area contributed by atoms with Gasteiger partial charge >= 0.3 is 0 Å². The van der Waals surface area contributed by atoms with Crippen molar-refractivity contribution in [2.45, 2.75) is 57.6 Å². The van der Waals surface area contributed by atoms with Gasteiger partial charge in [-0.25, -0.2) is 0 Å². The van der Waals surface area contributed by atoms with E-state index in [9.17, 15) is 5.11 Å². The van der Waals surface area contributed by atoms with E-state index in [2.05, 4.69) is 25.1 Å². The Morgan fingerprint density at radius 2 is 2.13 bits per heavy atom. The fourth-order valence-corrected chi connectivity index (χ4v) is 2.23. The third-order valence-corrected chi connectivity index (χ3v) is 3.32. The molecule has 1 saturated carbocycles. The molecule has 1 N–H and O–H groups in total. The highest BCUT2D eigenvalue weighted by atomic mass is 16.3. The molecule has 1 aliphatic rings. The average molecular weight is 208 g/mol. The van der Waals surface area contributed by atoms with Gasteiger partial charge in [-0.3, -0.25) is 4.68 Å². The van der Waals surface area contributed by atoms with E-state index in [-0.39, 0.29) is 12.1 Å². The fraction of sp³-hybridized carbons (Fsp3) is 0.750. The van der Waals surface area contributed by atoms with Crippen LogP contribution in [0.4, 0.5) is 0 Å². The van der Waals surface area contributed by atoms with Gasteiger partial charge in [0.25, 0.3) is 0 Å². The number of hydrogen-bond donors (Lipinski definition) is 1. The Hall–Kier alpha value is -0.830. The highest BCUT2D eigenvalue weighted by molar-refractivity contribution is 5.09. The standard InChI is InChI=1S/C12H20N2O/c1-9(2)10-7-13-14(8-10)11-5-3-4-6-12(11)15/h7-9,11-12,15H,3-6H2,1-2H3/t11?,12-/m0/s1. The van der Waals surface area contributed by atoms with E-state index in [1.165, 1.54) is 12.0 Å². The maximum Gasteiger partial charge on any atom is 0.0778 e. The molecule has 0 radical (unpaired) electrons. The van der Waals surface area contributed by atoms with Crippen molar-refractivity contribution in [3.05, 3.63) is 18.0 Å². The maximum atomic E-state index is 9.91. The van der Waals surface area contributed by atoms with E-state index in [4.69, 9.17) is 0 Å². The lowest BCUT2D eigenvalue weighted by atomic mass is 9.93. The van der Waals surface area contributed by atoms with E-state index in [1.807, 2.05) is 10.9 Å². The Morgan fingerprint density at radius 3 is 2.73 bits per heavy atom. The second-order valence-corrected chi connectivity index (χ2v) is 4.83. The summed E-state index contributed by atoms with van der Waals surface area (Å²) in [7, 11) is 0. The minimum Gasteiger partial charge on any atom is -0.391 e. The van der Waals surface area contributed by atoms with Gasteiger partial charge < -0.3 is 5.11 Å². The van der Waals surface area contributed by atoms with Crippen LogP contribution >= 0.6 is 0 Å². The minimum absolute atomic E-state index is 0.200. The maximum absolute atomic E-state index is 9.91. The molecular weight excluding hydrogens is 188 g/mol. The highest BCUT2D eigenvalue weighted by Crippen LogP contribution is 2.28. The SMILES string of the molecule is CC(C)c1cnn(C2CCCC[C@@H]2O)c1. The molecule has 0 saturated heterocycles. The van der Waals surface area contributed by atoms with Crippen molar-refractivity contribution in [1.29, 1.82) is 0 Å². The van der Waals surface area contributed by atoms with Crippen LogP contribution in [0.1, 0.15) is 57.1 Å². The van der Waals surface area contributed by atoms with Crippen molar-refractivity contribution in [1.82, 2.24) is 9.78 Å². The first-order chi connectivity index (χ1) is 7.18. The molecule has 84 valence electrons. The first-order valence-corrected chi connectivity index (χ1v) is 5.90. The second kappa shape index (κ2) is 4.35. The summed E-state index contributed by atoms with van der Waals surface area (Å²) in [6, 6.07) is 0.200. The van der Waals surface area contributed by atoms with Crippen LogP contribution in [0.5, 0.6) is 0 Å². The van der Waals surface area contributed by atoms with Gasteiger partial charge in [0.1, 0.15) is 0 Å². The van der Waals surface area contributed by atoms with Gasteiger partial charge in [-0.2, -0.15) is 5.10 Å². The first-order valence-electron chi connectivity index (χ1n) is 5.90. The molecule has 15 heavy (non-hydrogen) atoms. The Labute approximate surface area is 91.1 Å². The molecule has 1 aromatic heterocycles. The normalized spacial score (nSPS) is 27.2. The van der Waals surface area contributed by atoms with Crippen molar-refractivity contribution in [2.75, 3.05) is 0 Å². The summed E-state index contributed by atoms with van der Waals surface area (Å²) >= 11 is 0. The summed E-state index contributed by atoms with van der Waals surface area (Å²) in [5, 5.41) is 14.3. The van der Waals surface area contributed by atoms with Crippen molar-refractivity contribution >= 4 is 0 Å². The number of aromatic nitrogens is 2. The topological polar surface area (TPSA) is 38.0 Å². The molecule has 0 aliphatic heterocycles. The van der Waals surface area contributed by atoms with Crippen LogP contribution in [0, 0.1) is 0 Å². The van der Waals surface area contributed by atoms with Crippen LogP contribution in [0.15, 0.2) is 12.4 Å². The molecule has 2 rings (SSSR count). The van der Waals surface area contributed by atoms with Gasteiger partial charge in [-0.15, -0.1) is 0 Å². The van der Waals surface area contributed by atoms with Gasteiger partial charge in [0, 0.05) is 6.20 Å². The number of aliphatic hydroxyl groups is 1. The zero-order valence-corrected chi connectivity index (χ0v) is 9.56. The number of rotatable bonds is 2. The predicted octanol–water partition coefficient (Wildman–Crippen LogP) is 2.48. The molecule has 0 aromatic carbocycles. The molecule has 1 fully saturated rings. The van der Waals surface area contributed by atoms with Crippen LogP contribution in [-0.4, -0.2) is 21.0 Å².